The molecule has 1 unspecified atom stereocenters. The number of anilines is 3. The van der Waals surface area contributed by atoms with Gasteiger partial charge in [-0.1, -0.05) is 24.3 Å². The van der Waals surface area contributed by atoms with E-state index in [4.69, 9.17) is 14.6 Å². The van der Waals surface area contributed by atoms with Crippen molar-refractivity contribution >= 4 is 40.4 Å². The fourth-order valence-electron chi connectivity index (χ4n) is 5.80. The number of urea groups is 1. The maximum absolute atomic E-state index is 12.5. The quantitative estimate of drug-likeness (QED) is 0.265. The highest BCUT2D eigenvalue weighted by molar-refractivity contribution is 5.99. The number of piperidine rings is 1. The SMILES string of the molecule is CC(C)(C)OC(=O)N1CCC(n2ncc3c(N4CCOC(c5ccc(NC(=O)Nc6ccc(CO)cc6)cc5)C4)ncnc32)CC1. The molecule has 6 rings (SSSR count). The number of nitrogens with one attached hydrogen (secondary N) is 2. The minimum atomic E-state index is -0.521. The monoisotopic (exact) mass is 628 g/mol. The number of ether oxygens (including phenoxy) is 2. The molecule has 3 N–H and O–H groups in total. The van der Waals surface area contributed by atoms with E-state index in [1.165, 1.54) is 0 Å². The van der Waals surface area contributed by atoms with Crippen molar-refractivity contribution in [2.75, 3.05) is 48.3 Å². The van der Waals surface area contributed by atoms with E-state index in [0.717, 1.165) is 40.8 Å². The van der Waals surface area contributed by atoms with Crippen molar-refractivity contribution in [3.63, 3.8) is 0 Å². The molecule has 4 heterocycles. The summed E-state index contributed by atoms with van der Waals surface area (Å²) in [5.41, 5.74) is 3.32. The van der Waals surface area contributed by atoms with Crippen LogP contribution < -0.4 is 15.5 Å². The fraction of sp³-hybridized carbons (Fsp3) is 0.424. The van der Waals surface area contributed by atoms with Crippen molar-refractivity contribution < 1.29 is 24.2 Å². The predicted molar refractivity (Wildman–Crippen MR) is 174 cm³/mol. The third-order valence-electron chi connectivity index (χ3n) is 8.13. The highest BCUT2D eigenvalue weighted by atomic mass is 16.6. The smallest absolute Gasteiger partial charge is 0.410 e. The van der Waals surface area contributed by atoms with E-state index in [1.807, 2.05) is 55.9 Å². The number of aliphatic hydroxyl groups excluding tert-OH is 1. The van der Waals surface area contributed by atoms with Gasteiger partial charge in [0.05, 0.1) is 30.8 Å². The van der Waals surface area contributed by atoms with Gasteiger partial charge in [0, 0.05) is 37.6 Å². The standard InChI is InChI=1S/C33H40N8O5/c1-33(2,3)46-32(44)39-14-12-26(13-15-39)41-30-27(18-36-41)29(34-21-35-30)40-16-17-45-28(19-40)23-6-10-25(11-7-23)38-31(43)37-24-8-4-22(20-42)5-9-24/h4-11,18,21,26,28,42H,12-17,19-20H2,1-3H3,(H2,37,38,43). The number of aromatic nitrogens is 4. The molecule has 13 heteroatoms. The first-order valence-electron chi connectivity index (χ1n) is 15.6. The number of hydrogen-bond acceptors (Lipinski definition) is 9. The summed E-state index contributed by atoms with van der Waals surface area (Å²) in [5, 5.41) is 20.4. The number of benzene rings is 2. The molecule has 0 spiro atoms. The number of amides is 3. The van der Waals surface area contributed by atoms with Crippen molar-refractivity contribution in [2.24, 2.45) is 0 Å². The zero-order valence-corrected chi connectivity index (χ0v) is 26.3. The van der Waals surface area contributed by atoms with Crippen LogP contribution in [0.4, 0.5) is 26.8 Å². The number of hydrogen-bond donors (Lipinski definition) is 3. The molecule has 2 aliphatic heterocycles. The Hall–Kier alpha value is -4.75. The van der Waals surface area contributed by atoms with E-state index >= 15 is 0 Å². The van der Waals surface area contributed by atoms with E-state index in [9.17, 15) is 14.7 Å². The van der Waals surface area contributed by atoms with Crippen molar-refractivity contribution in [1.82, 2.24) is 24.6 Å². The molecule has 0 bridgehead atoms. The average Bonchev–Trinajstić information content (AvgIpc) is 3.49. The van der Waals surface area contributed by atoms with Crippen molar-refractivity contribution in [3.05, 3.63) is 72.2 Å². The van der Waals surface area contributed by atoms with Gasteiger partial charge in [-0.25, -0.2) is 24.2 Å². The van der Waals surface area contributed by atoms with Gasteiger partial charge in [-0.2, -0.15) is 5.10 Å². The van der Waals surface area contributed by atoms with Crippen LogP contribution in [0.3, 0.4) is 0 Å². The number of nitrogens with zero attached hydrogens (tertiary/aromatic N) is 6. The van der Waals surface area contributed by atoms with E-state index in [1.54, 1.807) is 35.5 Å². The molecule has 2 fully saturated rings. The summed E-state index contributed by atoms with van der Waals surface area (Å²) in [6, 6.07) is 14.4. The van der Waals surface area contributed by atoms with Crippen LogP contribution >= 0.6 is 0 Å². The fourth-order valence-corrected chi connectivity index (χ4v) is 5.80. The minimum Gasteiger partial charge on any atom is -0.444 e. The Morgan fingerprint density at radius 2 is 1.65 bits per heavy atom. The summed E-state index contributed by atoms with van der Waals surface area (Å²) < 4.78 is 13.7. The van der Waals surface area contributed by atoms with Gasteiger partial charge >= 0.3 is 12.1 Å². The molecule has 2 aromatic heterocycles. The molecular weight excluding hydrogens is 588 g/mol. The second-order valence-corrected chi connectivity index (χ2v) is 12.6. The summed E-state index contributed by atoms with van der Waals surface area (Å²) >= 11 is 0. The number of aliphatic hydroxyl groups is 1. The summed E-state index contributed by atoms with van der Waals surface area (Å²) in [5.74, 6) is 0.817. The highest BCUT2D eigenvalue weighted by Gasteiger charge is 2.30. The zero-order chi connectivity index (χ0) is 32.3. The van der Waals surface area contributed by atoms with Crippen LogP contribution in [-0.4, -0.2) is 80.3 Å². The molecule has 4 aromatic rings. The lowest BCUT2D eigenvalue weighted by atomic mass is 10.1. The number of morpholine rings is 1. The Balaban J connectivity index is 1.08. The molecule has 2 aliphatic rings. The van der Waals surface area contributed by atoms with Crippen LogP contribution in [-0.2, 0) is 16.1 Å². The second-order valence-electron chi connectivity index (χ2n) is 12.6. The Morgan fingerprint density at radius 1 is 0.978 bits per heavy atom. The lowest BCUT2D eigenvalue weighted by Crippen LogP contribution is -2.42. The van der Waals surface area contributed by atoms with Crippen LogP contribution in [0.15, 0.2) is 61.1 Å². The largest absolute Gasteiger partial charge is 0.444 e. The van der Waals surface area contributed by atoms with Gasteiger partial charge in [-0.15, -0.1) is 0 Å². The Morgan fingerprint density at radius 3 is 2.30 bits per heavy atom. The molecule has 0 saturated carbocycles. The van der Waals surface area contributed by atoms with Gasteiger partial charge in [0.1, 0.15) is 23.9 Å². The predicted octanol–water partition coefficient (Wildman–Crippen LogP) is 5.11. The highest BCUT2D eigenvalue weighted by Crippen LogP contribution is 2.32. The van der Waals surface area contributed by atoms with Crippen molar-refractivity contribution in [3.8, 4) is 0 Å². The summed E-state index contributed by atoms with van der Waals surface area (Å²) in [7, 11) is 0. The number of fused-ring (bicyclic) bond motifs is 1. The summed E-state index contributed by atoms with van der Waals surface area (Å²) in [4.78, 5) is 38.2. The average molecular weight is 629 g/mol. The first-order valence-corrected chi connectivity index (χ1v) is 15.6. The van der Waals surface area contributed by atoms with Crippen LogP contribution in [0.2, 0.25) is 0 Å². The zero-order valence-electron chi connectivity index (χ0n) is 26.3. The van der Waals surface area contributed by atoms with Gasteiger partial charge in [0.25, 0.3) is 0 Å². The van der Waals surface area contributed by atoms with Gasteiger partial charge in [0.15, 0.2) is 5.65 Å². The van der Waals surface area contributed by atoms with Gasteiger partial charge in [-0.05, 0) is 69.0 Å². The molecule has 46 heavy (non-hydrogen) atoms. The second kappa shape index (κ2) is 13.3. The molecular formula is C33H40N8O5. The molecule has 0 radical (unpaired) electrons. The third-order valence-corrected chi connectivity index (χ3v) is 8.13. The first-order chi connectivity index (χ1) is 22.2. The Kier molecular flexibility index (Phi) is 9.04. The van der Waals surface area contributed by atoms with Crippen molar-refractivity contribution in [2.45, 2.75) is 58.0 Å². The van der Waals surface area contributed by atoms with E-state index in [0.29, 0.717) is 44.2 Å². The van der Waals surface area contributed by atoms with Crippen LogP contribution in [0.25, 0.3) is 11.0 Å². The molecule has 2 aromatic carbocycles. The molecule has 2 saturated heterocycles. The van der Waals surface area contributed by atoms with Gasteiger partial charge in [0.2, 0.25) is 0 Å². The number of likely N-dealkylation sites (tertiary alicyclic amines) is 1. The summed E-state index contributed by atoms with van der Waals surface area (Å²) in [6.07, 6.45) is 4.49. The van der Waals surface area contributed by atoms with Crippen LogP contribution in [0, 0.1) is 0 Å². The Labute approximate surface area is 267 Å². The number of rotatable bonds is 6. The maximum Gasteiger partial charge on any atom is 0.410 e. The normalized spacial score (nSPS) is 17.6. The lowest BCUT2D eigenvalue weighted by molar-refractivity contribution is 0.0186. The van der Waals surface area contributed by atoms with Crippen molar-refractivity contribution in [1.29, 1.82) is 0 Å². The Bertz CT molecular complexity index is 1660. The minimum absolute atomic E-state index is 0.0468. The maximum atomic E-state index is 12.5. The van der Waals surface area contributed by atoms with Crippen LogP contribution in [0.5, 0.6) is 0 Å². The topological polar surface area (TPSA) is 147 Å². The molecule has 3 amide bonds. The van der Waals surface area contributed by atoms with E-state index in [-0.39, 0.29) is 30.9 Å². The molecule has 1 atom stereocenters. The molecule has 242 valence electrons. The van der Waals surface area contributed by atoms with E-state index < -0.39 is 5.60 Å². The lowest BCUT2D eigenvalue weighted by Gasteiger charge is -2.34. The van der Waals surface area contributed by atoms with Gasteiger partial charge in [-0.3, -0.25) is 0 Å². The summed E-state index contributed by atoms with van der Waals surface area (Å²) in [6.45, 7) is 8.59. The van der Waals surface area contributed by atoms with E-state index in [2.05, 4.69) is 25.5 Å². The molecule has 0 aliphatic carbocycles. The third kappa shape index (κ3) is 7.21. The van der Waals surface area contributed by atoms with Crippen LogP contribution in [0.1, 0.15) is 56.9 Å². The first kappa shape index (κ1) is 31.2. The van der Waals surface area contributed by atoms with Gasteiger partial charge < -0.3 is 35.0 Å². The molecule has 13 nitrogen and oxygen atoms in total. The number of carbonyl (C=O) groups excluding carboxylic acids is 2. The number of carbonyl (C=O) groups is 2.